The highest BCUT2D eigenvalue weighted by Gasteiger charge is 2.21. The van der Waals surface area contributed by atoms with E-state index in [1.807, 2.05) is 36.5 Å². The molecule has 2 aromatic heterocycles. The van der Waals surface area contributed by atoms with Crippen molar-refractivity contribution >= 4 is 32.6 Å². The first-order valence-corrected chi connectivity index (χ1v) is 8.93. The smallest absolute Gasteiger partial charge is 0.260 e. The topological polar surface area (TPSA) is 51.0 Å². The van der Waals surface area contributed by atoms with Gasteiger partial charge in [0.05, 0.1) is 16.8 Å². The van der Waals surface area contributed by atoms with Crippen LogP contribution in [0, 0.1) is 5.82 Å². The number of thiazole rings is 1. The van der Waals surface area contributed by atoms with E-state index in [4.69, 9.17) is 0 Å². The van der Waals surface area contributed by atoms with Gasteiger partial charge in [0.25, 0.3) is 5.91 Å². The minimum atomic E-state index is -0.371. The molecule has 0 saturated carbocycles. The van der Waals surface area contributed by atoms with Gasteiger partial charge >= 0.3 is 0 Å². The minimum absolute atomic E-state index is 0.212. The van der Waals surface area contributed by atoms with Crippen LogP contribution in [0.25, 0.3) is 10.2 Å². The molecule has 7 heteroatoms. The van der Waals surface area contributed by atoms with E-state index in [0.717, 1.165) is 10.2 Å². The molecule has 2 heterocycles. The summed E-state index contributed by atoms with van der Waals surface area (Å²) in [6.07, 6.45) is 3.54. The second kappa shape index (κ2) is 7.05. The molecule has 4 rings (SSSR count). The second-order valence-corrected chi connectivity index (χ2v) is 6.71. The first kappa shape index (κ1) is 16.4. The van der Waals surface area contributed by atoms with Crippen molar-refractivity contribution in [2.45, 2.75) is 6.54 Å². The van der Waals surface area contributed by atoms with Gasteiger partial charge in [-0.3, -0.25) is 14.4 Å². The zero-order valence-corrected chi connectivity index (χ0v) is 14.6. The Bertz CT molecular complexity index is 994. The summed E-state index contributed by atoms with van der Waals surface area (Å²) in [7, 11) is 0. The van der Waals surface area contributed by atoms with Gasteiger partial charge in [-0.15, -0.1) is 0 Å². The van der Waals surface area contributed by atoms with Crippen molar-refractivity contribution in [2.24, 2.45) is 0 Å². The molecule has 0 aliphatic carbocycles. The third-order valence-electron chi connectivity index (χ3n) is 3.96. The van der Waals surface area contributed by atoms with E-state index in [0.29, 0.717) is 23.8 Å². The normalized spacial score (nSPS) is 11.0. The van der Waals surface area contributed by atoms with Gasteiger partial charge < -0.3 is 0 Å². The fraction of sp³-hybridized carbons (Fsp3) is 0.105. The van der Waals surface area contributed by atoms with Crippen LogP contribution in [0.5, 0.6) is 0 Å². The molecular weight excluding hydrogens is 351 g/mol. The van der Waals surface area contributed by atoms with Crippen molar-refractivity contribution in [3.63, 3.8) is 0 Å². The van der Waals surface area contributed by atoms with Crippen LogP contribution >= 0.6 is 11.3 Å². The second-order valence-electron chi connectivity index (χ2n) is 5.70. The molecule has 0 radical (unpaired) electrons. The van der Waals surface area contributed by atoms with E-state index in [1.165, 1.54) is 35.6 Å². The monoisotopic (exact) mass is 366 g/mol. The van der Waals surface area contributed by atoms with Crippen LogP contribution < -0.4 is 4.90 Å². The number of rotatable bonds is 5. The van der Waals surface area contributed by atoms with Crippen molar-refractivity contribution in [3.8, 4) is 0 Å². The number of carbonyl (C=O) groups is 1. The average molecular weight is 366 g/mol. The number of hydrogen-bond donors (Lipinski definition) is 0. The standard InChI is InChI=1S/C19H15FN4OS/c20-15-8-6-14(7-9-15)18(25)24(13-12-23-11-3-10-21-23)19-22-16-4-1-2-5-17(16)26-19/h1-11H,12-13H2. The first-order valence-electron chi connectivity index (χ1n) is 8.11. The molecule has 2 aromatic carbocycles. The van der Waals surface area contributed by atoms with Crippen LogP contribution in [0.1, 0.15) is 10.4 Å². The first-order chi connectivity index (χ1) is 12.7. The summed E-state index contributed by atoms with van der Waals surface area (Å²) < 4.78 is 16.0. The predicted octanol–water partition coefficient (Wildman–Crippen LogP) is 3.98. The molecule has 0 aliphatic heterocycles. The van der Waals surface area contributed by atoms with Crippen LogP contribution in [-0.2, 0) is 6.54 Å². The van der Waals surface area contributed by atoms with Gasteiger partial charge in [0.1, 0.15) is 5.82 Å². The van der Waals surface area contributed by atoms with Crippen molar-refractivity contribution < 1.29 is 9.18 Å². The number of para-hydroxylation sites is 1. The Labute approximate surface area is 153 Å². The minimum Gasteiger partial charge on any atom is -0.282 e. The third-order valence-corrected chi connectivity index (χ3v) is 5.02. The average Bonchev–Trinajstić information content (AvgIpc) is 3.31. The molecule has 1 amide bonds. The molecule has 0 aliphatic rings. The molecule has 0 atom stereocenters. The Hall–Kier alpha value is -3.06. The maximum absolute atomic E-state index is 13.2. The lowest BCUT2D eigenvalue weighted by Gasteiger charge is -2.20. The van der Waals surface area contributed by atoms with E-state index in [-0.39, 0.29) is 11.7 Å². The lowest BCUT2D eigenvalue weighted by atomic mass is 10.2. The third kappa shape index (κ3) is 3.34. The number of amides is 1. The summed E-state index contributed by atoms with van der Waals surface area (Å²) in [6, 6.07) is 15.2. The molecular formula is C19H15FN4OS. The van der Waals surface area contributed by atoms with Crippen LogP contribution in [0.4, 0.5) is 9.52 Å². The van der Waals surface area contributed by atoms with Crippen molar-refractivity contribution in [3.05, 3.63) is 78.4 Å². The van der Waals surface area contributed by atoms with Crippen molar-refractivity contribution in [1.29, 1.82) is 0 Å². The summed E-state index contributed by atoms with van der Waals surface area (Å²) in [6.45, 7) is 0.952. The molecule has 0 N–H and O–H groups in total. The Morgan fingerprint density at radius 1 is 1.12 bits per heavy atom. The molecule has 0 unspecified atom stereocenters. The predicted molar refractivity (Wildman–Crippen MR) is 99.9 cm³/mol. The van der Waals surface area contributed by atoms with E-state index in [9.17, 15) is 9.18 Å². The lowest BCUT2D eigenvalue weighted by molar-refractivity contribution is 0.0985. The zero-order valence-electron chi connectivity index (χ0n) is 13.7. The molecule has 5 nitrogen and oxygen atoms in total. The van der Waals surface area contributed by atoms with E-state index in [1.54, 1.807) is 15.8 Å². The quantitative estimate of drug-likeness (QED) is 0.537. The molecule has 0 bridgehead atoms. The number of aromatic nitrogens is 3. The highest BCUT2D eigenvalue weighted by molar-refractivity contribution is 7.22. The summed E-state index contributed by atoms with van der Waals surface area (Å²) in [5.74, 6) is -0.583. The summed E-state index contributed by atoms with van der Waals surface area (Å²) >= 11 is 1.46. The SMILES string of the molecule is O=C(c1ccc(F)cc1)N(CCn1cccn1)c1nc2ccccc2s1. The number of carbonyl (C=O) groups excluding carboxylic acids is 1. The van der Waals surface area contributed by atoms with Crippen molar-refractivity contribution in [1.82, 2.24) is 14.8 Å². The molecule has 0 fully saturated rings. The van der Waals surface area contributed by atoms with E-state index >= 15 is 0 Å². The van der Waals surface area contributed by atoms with Gasteiger partial charge in [0.2, 0.25) is 0 Å². The van der Waals surface area contributed by atoms with E-state index < -0.39 is 0 Å². The van der Waals surface area contributed by atoms with Crippen LogP contribution in [0.2, 0.25) is 0 Å². The Morgan fingerprint density at radius 3 is 2.65 bits per heavy atom. The van der Waals surface area contributed by atoms with Crippen LogP contribution in [-0.4, -0.2) is 27.2 Å². The highest BCUT2D eigenvalue weighted by Crippen LogP contribution is 2.29. The Morgan fingerprint density at radius 2 is 1.92 bits per heavy atom. The number of fused-ring (bicyclic) bond motifs is 1. The van der Waals surface area contributed by atoms with Crippen LogP contribution in [0.15, 0.2) is 67.0 Å². The number of benzene rings is 2. The number of anilines is 1. The van der Waals surface area contributed by atoms with Crippen molar-refractivity contribution in [2.75, 3.05) is 11.4 Å². The molecule has 0 saturated heterocycles. The molecule has 4 aromatic rings. The van der Waals surface area contributed by atoms with Gasteiger partial charge in [-0.25, -0.2) is 9.37 Å². The molecule has 130 valence electrons. The van der Waals surface area contributed by atoms with Gasteiger partial charge in [0, 0.05) is 24.5 Å². The fourth-order valence-electron chi connectivity index (χ4n) is 2.64. The van der Waals surface area contributed by atoms with Gasteiger partial charge in [-0.1, -0.05) is 23.5 Å². The maximum Gasteiger partial charge on any atom is 0.260 e. The summed E-state index contributed by atoms with van der Waals surface area (Å²) in [5.41, 5.74) is 1.27. The largest absolute Gasteiger partial charge is 0.282 e. The van der Waals surface area contributed by atoms with E-state index in [2.05, 4.69) is 10.1 Å². The fourth-order valence-corrected chi connectivity index (χ4v) is 3.63. The number of halogens is 1. The Kier molecular flexibility index (Phi) is 4.45. The maximum atomic E-state index is 13.2. The lowest BCUT2D eigenvalue weighted by Crippen LogP contribution is -2.34. The van der Waals surface area contributed by atoms with Gasteiger partial charge in [-0.2, -0.15) is 5.10 Å². The summed E-state index contributed by atoms with van der Waals surface area (Å²) in [5, 5.41) is 4.80. The number of hydrogen-bond acceptors (Lipinski definition) is 4. The molecule has 26 heavy (non-hydrogen) atoms. The van der Waals surface area contributed by atoms with Gasteiger partial charge in [0.15, 0.2) is 5.13 Å². The summed E-state index contributed by atoms with van der Waals surface area (Å²) in [4.78, 5) is 19.3. The zero-order chi connectivity index (χ0) is 17.9. The van der Waals surface area contributed by atoms with Crippen LogP contribution in [0.3, 0.4) is 0 Å². The van der Waals surface area contributed by atoms with Gasteiger partial charge in [-0.05, 0) is 42.5 Å². The Balaban J connectivity index is 1.68. The molecule has 0 spiro atoms. The number of nitrogens with zero attached hydrogens (tertiary/aromatic N) is 4. The highest BCUT2D eigenvalue weighted by atomic mass is 32.1.